The lowest BCUT2D eigenvalue weighted by Crippen LogP contribution is -2.24. The van der Waals surface area contributed by atoms with E-state index < -0.39 is 51.6 Å². The van der Waals surface area contributed by atoms with Crippen molar-refractivity contribution in [3.8, 4) is 22.8 Å². The molecule has 0 aromatic carbocycles. The van der Waals surface area contributed by atoms with E-state index in [-0.39, 0.29) is 34.8 Å². The number of nitrogens with zero attached hydrogens (tertiary/aromatic N) is 5. The molecular weight excluding hydrogens is 523 g/mol. The van der Waals surface area contributed by atoms with Crippen LogP contribution in [0.2, 0.25) is 5.02 Å². The van der Waals surface area contributed by atoms with Gasteiger partial charge in [-0.15, -0.1) is 0 Å². The van der Waals surface area contributed by atoms with Gasteiger partial charge in [0.15, 0.2) is 11.6 Å². The second-order valence-corrected chi connectivity index (χ2v) is 9.38. The maximum absolute atomic E-state index is 16.0. The van der Waals surface area contributed by atoms with Crippen LogP contribution in [0.3, 0.4) is 0 Å². The molecule has 0 spiro atoms. The monoisotopic (exact) mass is 545 g/mol. The smallest absolute Gasteiger partial charge is 0.278 e. The van der Waals surface area contributed by atoms with E-state index >= 15 is 4.39 Å². The molecule has 0 atom stereocenters. The first kappa shape index (κ1) is 23.3. The van der Waals surface area contributed by atoms with Gasteiger partial charge >= 0.3 is 0 Å². The van der Waals surface area contributed by atoms with Crippen molar-refractivity contribution in [3.63, 3.8) is 0 Å². The van der Waals surface area contributed by atoms with Crippen molar-refractivity contribution < 1.29 is 25.8 Å². The molecule has 4 heterocycles. The van der Waals surface area contributed by atoms with E-state index in [1.54, 1.807) is 0 Å². The molecule has 1 fully saturated rings. The molecule has 0 bridgehead atoms. The summed E-state index contributed by atoms with van der Waals surface area (Å²) in [5, 5.41) is 9.59. The Morgan fingerprint density at radius 2 is 1.95 bits per heavy atom. The molecule has 8 nitrogen and oxygen atoms in total. The van der Waals surface area contributed by atoms with Crippen molar-refractivity contribution in [2.75, 3.05) is 0 Å². The number of hydrogen-bond acceptors (Lipinski definition) is 7. The average Bonchev–Trinajstić information content (AvgIpc) is 3.60. The van der Waals surface area contributed by atoms with Crippen LogP contribution >= 0.6 is 11.6 Å². The zero-order valence-corrected chi connectivity index (χ0v) is 20.9. The van der Waals surface area contributed by atoms with Crippen molar-refractivity contribution in [3.05, 3.63) is 92.4 Å². The van der Waals surface area contributed by atoms with E-state index in [0.717, 1.165) is 4.57 Å². The first-order valence-corrected chi connectivity index (χ1v) is 11.8. The van der Waals surface area contributed by atoms with Crippen LogP contribution in [-0.4, -0.2) is 35.2 Å². The van der Waals surface area contributed by atoms with Gasteiger partial charge in [-0.3, -0.25) is 19.3 Å². The second kappa shape index (κ2) is 9.80. The molecule has 1 aliphatic rings. The highest BCUT2D eigenvalue weighted by Gasteiger charge is 2.41. The van der Waals surface area contributed by atoms with Gasteiger partial charge in [-0.2, -0.15) is 0 Å². The van der Waals surface area contributed by atoms with Crippen LogP contribution in [0.15, 0.2) is 41.6 Å². The molecule has 0 saturated heterocycles. The summed E-state index contributed by atoms with van der Waals surface area (Å²) in [4.78, 5) is 29.4. The fourth-order valence-electron chi connectivity index (χ4n) is 3.88. The van der Waals surface area contributed by atoms with Crippen LogP contribution in [0.4, 0.5) is 13.2 Å². The summed E-state index contributed by atoms with van der Waals surface area (Å²) in [6, 6.07) is 3.08. The number of aliphatic hydroxyl groups is 1. The third kappa shape index (κ3) is 4.99. The molecule has 0 amide bonds. The van der Waals surface area contributed by atoms with Gasteiger partial charge in [-0.25, -0.2) is 23.1 Å². The molecule has 4 aromatic heterocycles. The van der Waals surface area contributed by atoms with Crippen molar-refractivity contribution in [1.82, 2.24) is 24.5 Å². The summed E-state index contributed by atoms with van der Waals surface area (Å²) in [7, 11) is 0. The number of rotatable bonds is 7. The van der Waals surface area contributed by atoms with Gasteiger partial charge in [0.1, 0.15) is 40.4 Å². The summed E-state index contributed by atoms with van der Waals surface area (Å²) in [5.41, 5.74) is -2.46. The van der Waals surface area contributed by atoms with Crippen LogP contribution in [-0.2, 0) is 13.0 Å². The van der Waals surface area contributed by atoms with Gasteiger partial charge in [0, 0.05) is 36.6 Å². The second-order valence-electron chi connectivity index (χ2n) is 9.00. The number of aromatic nitrogens is 5. The summed E-state index contributed by atoms with van der Waals surface area (Å²) >= 11 is 6.25. The molecule has 4 aromatic rings. The topological polar surface area (TPSA) is 103 Å². The number of halogens is 4. The molecule has 1 N–H and O–H groups in total. The fourth-order valence-corrected chi connectivity index (χ4v) is 4.05. The van der Waals surface area contributed by atoms with Gasteiger partial charge in [-0.1, -0.05) is 11.6 Å². The quantitative estimate of drug-likeness (QED) is 0.367. The molecule has 0 aliphatic heterocycles. The van der Waals surface area contributed by atoms with Crippen LogP contribution in [0.25, 0.3) is 17.1 Å². The van der Waals surface area contributed by atoms with E-state index in [1.807, 2.05) is 0 Å². The lowest BCUT2D eigenvalue weighted by atomic mass is 10.1. The molecule has 0 radical (unpaired) electrons. The van der Waals surface area contributed by atoms with Gasteiger partial charge in [-0.05, 0) is 38.3 Å². The molecule has 38 heavy (non-hydrogen) atoms. The van der Waals surface area contributed by atoms with E-state index in [0.29, 0.717) is 30.9 Å². The predicted octanol–water partition coefficient (Wildman–Crippen LogP) is 4.42. The summed E-state index contributed by atoms with van der Waals surface area (Å²) in [5.74, 6) is -3.33. The third-order valence-corrected chi connectivity index (χ3v) is 6.38. The van der Waals surface area contributed by atoms with Crippen LogP contribution < -0.4 is 10.3 Å². The normalized spacial score (nSPS) is 15.1. The fraction of sp³-hybridized carbons (Fsp3) is 0.269. The summed E-state index contributed by atoms with van der Waals surface area (Å²) < 4.78 is 65.8. The predicted molar refractivity (Wildman–Crippen MR) is 132 cm³/mol. The minimum absolute atomic E-state index is 0.103. The first-order valence-electron chi connectivity index (χ1n) is 12.4. The highest BCUT2D eigenvalue weighted by molar-refractivity contribution is 6.31. The van der Waals surface area contributed by atoms with Gasteiger partial charge < -0.3 is 9.84 Å². The Kier molecular flexibility index (Phi) is 6.01. The molecule has 0 unspecified atom stereocenters. The van der Waals surface area contributed by atoms with Gasteiger partial charge in [0.05, 0.1) is 25.9 Å². The molecule has 5 rings (SSSR count). The number of pyridine rings is 3. The zero-order chi connectivity index (χ0) is 29.0. The summed E-state index contributed by atoms with van der Waals surface area (Å²) in [6.45, 7) is 0.0415. The van der Waals surface area contributed by atoms with Gasteiger partial charge in [0.2, 0.25) is 0 Å². The lowest BCUT2D eigenvalue weighted by Gasteiger charge is -2.18. The third-order valence-electron chi connectivity index (χ3n) is 6.03. The van der Waals surface area contributed by atoms with Gasteiger partial charge in [0.25, 0.3) is 5.56 Å². The molecule has 1 aliphatic carbocycles. The number of aryl methyl sites for hydroxylation is 2. The lowest BCUT2D eigenvalue weighted by molar-refractivity contribution is 0.148. The largest absolute Gasteiger partial charge is 0.485 e. The van der Waals surface area contributed by atoms with Crippen molar-refractivity contribution in [2.24, 2.45) is 0 Å². The van der Waals surface area contributed by atoms with E-state index in [9.17, 15) is 18.7 Å². The SMILES string of the molecule is [2H]C([2H])(Oc1cc(C)n(-c2c(C)cnc(-c3ccnc(CC4(O)CC4)n3)c2F)c(=O)c1Cl)c1ncc(F)cc1F. The standard InChI is InChI=1S/C26H21ClF3N5O3/c1-13-10-33-23(17-3-6-31-20(34-17)9-26(37)4-5-26)22(30)24(13)35-14(2)7-19(21(27)25(35)36)38-12-18-16(29)8-15(28)11-32-18/h3,6-8,10-11,37H,4-5,9,12H2,1-2H3/i12D2. The van der Waals surface area contributed by atoms with Crippen molar-refractivity contribution >= 4 is 11.6 Å². The first-order chi connectivity index (χ1) is 18.8. The molecule has 12 heteroatoms. The van der Waals surface area contributed by atoms with Crippen molar-refractivity contribution in [1.29, 1.82) is 0 Å². The molecular formula is C26H21ClF3N5O3. The average molecular weight is 546 g/mol. The maximum atomic E-state index is 16.0. The zero-order valence-electron chi connectivity index (χ0n) is 22.1. The van der Waals surface area contributed by atoms with Crippen LogP contribution in [0, 0.1) is 31.3 Å². The Morgan fingerprint density at radius 3 is 2.66 bits per heavy atom. The highest BCUT2D eigenvalue weighted by Crippen LogP contribution is 2.38. The molecule has 196 valence electrons. The Hall–Kier alpha value is -3.83. The maximum Gasteiger partial charge on any atom is 0.278 e. The summed E-state index contributed by atoms with van der Waals surface area (Å²) in [6.07, 6.45) is 4.86. The van der Waals surface area contributed by atoms with E-state index in [2.05, 4.69) is 19.9 Å². The Balaban J connectivity index is 1.55. The Bertz CT molecular complexity index is 1720. The molecule has 1 saturated carbocycles. The number of hydrogen-bond donors (Lipinski definition) is 1. The minimum Gasteiger partial charge on any atom is -0.485 e. The van der Waals surface area contributed by atoms with Crippen LogP contribution in [0.5, 0.6) is 5.75 Å². The van der Waals surface area contributed by atoms with E-state index in [1.165, 1.54) is 38.4 Å². The highest BCUT2D eigenvalue weighted by atomic mass is 35.5. The Morgan fingerprint density at radius 1 is 1.18 bits per heavy atom. The van der Waals surface area contributed by atoms with Crippen molar-refractivity contribution in [2.45, 2.75) is 45.3 Å². The Labute approximate surface area is 222 Å². The number of ether oxygens (including phenoxy) is 1. The minimum atomic E-state index is -2.93. The van der Waals surface area contributed by atoms with Crippen LogP contribution in [0.1, 0.15) is 38.4 Å². The van der Waals surface area contributed by atoms with E-state index in [4.69, 9.17) is 19.1 Å².